The van der Waals surface area contributed by atoms with Crippen molar-refractivity contribution >= 4 is 23.6 Å². The first-order valence-corrected chi connectivity index (χ1v) is 10.8. The standard InChI is InChI=1S/C24H29FN4O4/c1-24(2,3)29(23(32)33)20-10-13-28(22(20)31)19-8-7-17(14-18(19)25)21(30)27(4)12-9-16-6-5-11-26-15-16/h5-8,11,14-15,20H,9-10,12-13H2,1-4H3,(H,32,33). The largest absolute Gasteiger partial charge is 0.465 e. The minimum Gasteiger partial charge on any atom is -0.465 e. The van der Waals surface area contributed by atoms with E-state index in [0.717, 1.165) is 16.5 Å². The van der Waals surface area contributed by atoms with E-state index in [9.17, 15) is 23.9 Å². The summed E-state index contributed by atoms with van der Waals surface area (Å²) in [5, 5.41) is 9.60. The Labute approximate surface area is 192 Å². The molecule has 1 N–H and O–H groups in total. The number of aromatic nitrogens is 1. The molecule has 0 aliphatic carbocycles. The van der Waals surface area contributed by atoms with Crippen LogP contribution in [0.5, 0.6) is 0 Å². The smallest absolute Gasteiger partial charge is 0.408 e. The average Bonchev–Trinajstić information content (AvgIpc) is 3.11. The van der Waals surface area contributed by atoms with E-state index in [1.165, 1.54) is 21.9 Å². The van der Waals surface area contributed by atoms with Gasteiger partial charge in [-0.05, 0) is 63.4 Å². The number of halogens is 1. The third kappa shape index (κ3) is 5.30. The lowest BCUT2D eigenvalue weighted by Crippen LogP contribution is -2.54. The third-order valence-corrected chi connectivity index (χ3v) is 5.71. The summed E-state index contributed by atoms with van der Waals surface area (Å²) in [5.74, 6) is -1.51. The fourth-order valence-electron chi connectivity index (χ4n) is 4.05. The number of hydrogen-bond donors (Lipinski definition) is 1. The Morgan fingerprint density at radius 2 is 2.00 bits per heavy atom. The van der Waals surface area contributed by atoms with E-state index in [0.29, 0.717) is 13.0 Å². The lowest BCUT2D eigenvalue weighted by atomic mass is 10.0. The van der Waals surface area contributed by atoms with Gasteiger partial charge in [-0.25, -0.2) is 9.18 Å². The molecule has 1 atom stereocenters. The van der Waals surface area contributed by atoms with E-state index in [2.05, 4.69) is 4.98 Å². The molecule has 9 heteroatoms. The second-order valence-corrected chi connectivity index (χ2v) is 9.12. The van der Waals surface area contributed by atoms with E-state index in [1.807, 2.05) is 12.1 Å². The molecule has 2 heterocycles. The topological polar surface area (TPSA) is 94.1 Å². The minimum absolute atomic E-state index is 0.0383. The zero-order valence-electron chi connectivity index (χ0n) is 19.3. The van der Waals surface area contributed by atoms with Crippen molar-refractivity contribution < 1.29 is 23.9 Å². The number of carboxylic acid groups (broad SMARTS) is 1. The summed E-state index contributed by atoms with van der Waals surface area (Å²) in [6.07, 6.45) is 3.10. The molecule has 1 fully saturated rings. The molecule has 0 radical (unpaired) electrons. The van der Waals surface area contributed by atoms with E-state index < -0.39 is 29.4 Å². The predicted molar refractivity (Wildman–Crippen MR) is 122 cm³/mol. The molecule has 176 valence electrons. The first kappa shape index (κ1) is 24.2. The van der Waals surface area contributed by atoms with Gasteiger partial charge < -0.3 is 14.9 Å². The van der Waals surface area contributed by atoms with Crippen molar-refractivity contribution in [2.75, 3.05) is 25.0 Å². The van der Waals surface area contributed by atoms with E-state index in [-0.39, 0.29) is 30.1 Å². The monoisotopic (exact) mass is 456 g/mol. The molecular formula is C24H29FN4O4. The van der Waals surface area contributed by atoms with Gasteiger partial charge >= 0.3 is 6.09 Å². The van der Waals surface area contributed by atoms with Gasteiger partial charge in [0.1, 0.15) is 11.9 Å². The molecule has 33 heavy (non-hydrogen) atoms. The highest BCUT2D eigenvalue weighted by atomic mass is 19.1. The van der Waals surface area contributed by atoms with Crippen molar-refractivity contribution in [1.82, 2.24) is 14.8 Å². The molecule has 2 aromatic rings. The highest BCUT2D eigenvalue weighted by Gasteiger charge is 2.44. The van der Waals surface area contributed by atoms with Crippen molar-refractivity contribution in [2.45, 2.75) is 45.2 Å². The van der Waals surface area contributed by atoms with Crippen LogP contribution in [0.4, 0.5) is 14.9 Å². The Morgan fingerprint density at radius 3 is 2.58 bits per heavy atom. The quantitative estimate of drug-likeness (QED) is 0.719. The number of benzene rings is 1. The molecule has 1 unspecified atom stereocenters. The third-order valence-electron chi connectivity index (χ3n) is 5.71. The average molecular weight is 457 g/mol. The summed E-state index contributed by atoms with van der Waals surface area (Å²) in [6.45, 7) is 5.77. The van der Waals surface area contributed by atoms with Crippen LogP contribution < -0.4 is 4.90 Å². The molecule has 8 nitrogen and oxygen atoms in total. The molecular weight excluding hydrogens is 427 g/mol. The molecule has 0 bridgehead atoms. The number of pyridine rings is 1. The van der Waals surface area contributed by atoms with Crippen LogP contribution >= 0.6 is 0 Å². The normalized spacial score (nSPS) is 16.1. The molecule has 1 aliphatic heterocycles. The highest BCUT2D eigenvalue weighted by Crippen LogP contribution is 2.30. The summed E-state index contributed by atoms with van der Waals surface area (Å²) in [4.78, 5) is 45.4. The molecule has 1 aliphatic rings. The van der Waals surface area contributed by atoms with E-state index >= 15 is 0 Å². The van der Waals surface area contributed by atoms with Gasteiger partial charge in [-0.2, -0.15) is 0 Å². The maximum Gasteiger partial charge on any atom is 0.408 e. The summed E-state index contributed by atoms with van der Waals surface area (Å²) < 4.78 is 15.0. The van der Waals surface area contributed by atoms with Crippen molar-refractivity contribution in [2.24, 2.45) is 0 Å². The maximum atomic E-state index is 15.0. The van der Waals surface area contributed by atoms with E-state index in [4.69, 9.17) is 0 Å². The van der Waals surface area contributed by atoms with Crippen LogP contribution in [-0.2, 0) is 11.2 Å². The molecule has 1 saturated heterocycles. The lowest BCUT2D eigenvalue weighted by Gasteiger charge is -2.36. The Kier molecular flexibility index (Phi) is 7.00. The summed E-state index contributed by atoms with van der Waals surface area (Å²) in [6, 6.07) is 6.87. The Hall–Kier alpha value is -3.49. The van der Waals surface area contributed by atoms with Gasteiger partial charge in [-0.15, -0.1) is 0 Å². The van der Waals surface area contributed by atoms with Gasteiger partial charge in [0.2, 0.25) is 5.91 Å². The van der Waals surface area contributed by atoms with Gasteiger partial charge in [-0.1, -0.05) is 6.07 Å². The van der Waals surface area contributed by atoms with Crippen LogP contribution in [-0.4, -0.2) is 69.5 Å². The SMILES string of the molecule is CN(CCc1cccnc1)C(=O)c1ccc(N2CCC(N(C(=O)O)C(C)(C)C)C2=O)c(F)c1. The van der Waals surface area contributed by atoms with Crippen LogP contribution in [0, 0.1) is 5.82 Å². The van der Waals surface area contributed by atoms with Crippen LogP contribution in [0.2, 0.25) is 0 Å². The number of hydrogen-bond acceptors (Lipinski definition) is 4. The van der Waals surface area contributed by atoms with Gasteiger partial charge in [0.25, 0.3) is 5.91 Å². The van der Waals surface area contributed by atoms with Crippen molar-refractivity contribution in [3.05, 3.63) is 59.7 Å². The number of carbonyl (C=O) groups is 3. The summed E-state index contributed by atoms with van der Waals surface area (Å²) in [5.41, 5.74) is 0.426. The zero-order chi connectivity index (χ0) is 24.3. The van der Waals surface area contributed by atoms with E-state index in [1.54, 1.807) is 40.2 Å². The Balaban J connectivity index is 1.72. The Bertz CT molecular complexity index is 1040. The van der Waals surface area contributed by atoms with Gasteiger partial charge in [0.05, 0.1) is 5.69 Å². The molecule has 0 spiro atoms. The molecule has 3 amide bonds. The lowest BCUT2D eigenvalue weighted by molar-refractivity contribution is -0.122. The van der Waals surface area contributed by atoms with Gasteiger partial charge in [-0.3, -0.25) is 19.5 Å². The van der Waals surface area contributed by atoms with Gasteiger partial charge in [0, 0.05) is 43.6 Å². The van der Waals surface area contributed by atoms with Crippen LogP contribution in [0.3, 0.4) is 0 Å². The number of rotatable bonds is 6. The molecule has 0 saturated carbocycles. The number of carbonyl (C=O) groups excluding carboxylic acids is 2. The maximum absolute atomic E-state index is 15.0. The van der Waals surface area contributed by atoms with Crippen LogP contribution in [0.1, 0.15) is 43.1 Å². The minimum atomic E-state index is -1.20. The molecule has 3 rings (SSSR count). The number of amides is 3. The van der Waals surface area contributed by atoms with Crippen molar-refractivity contribution in [3.8, 4) is 0 Å². The number of anilines is 1. The number of likely N-dealkylation sites (N-methyl/N-ethyl adjacent to an activating group) is 1. The summed E-state index contributed by atoms with van der Waals surface area (Å²) in [7, 11) is 1.64. The first-order chi connectivity index (χ1) is 15.5. The predicted octanol–water partition coefficient (Wildman–Crippen LogP) is 3.42. The Morgan fingerprint density at radius 1 is 1.27 bits per heavy atom. The highest BCUT2D eigenvalue weighted by molar-refractivity contribution is 6.01. The molecule has 1 aromatic heterocycles. The van der Waals surface area contributed by atoms with Gasteiger partial charge in [0.15, 0.2) is 0 Å². The second-order valence-electron chi connectivity index (χ2n) is 9.12. The van der Waals surface area contributed by atoms with Crippen LogP contribution in [0.25, 0.3) is 0 Å². The zero-order valence-corrected chi connectivity index (χ0v) is 19.3. The fourth-order valence-corrected chi connectivity index (χ4v) is 4.05. The number of nitrogens with zero attached hydrogens (tertiary/aromatic N) is 4. The van der Waals surface area contributed by atoms with Crippen molar-refractivity contribution in [3.63, 3.8) is 0 Å². The fraction of sp³-hybridized carbons (Fsp3) is 0.417. The summed E-state index contributed by atoms with van der Waals surface area (Å²) >= 11 is 0. The first-order valence-electron chi connectivity index (χ1n) is 10.8. The second kappa shape index (κ2) is 9.56. The van der Waals surface area contributed by atoms with Crippen molar-refractivity contribution in [1.29, 1.82) is 0 Å². The molecule has 1 aromatic carbocycles. The van der Waals surface area contributed by atoms with Crippen LogP contribution in [0.15, 0.2) is 42.7 Å².